The van der Waals surface area contributed by atoms with Crippen LogP contribution >= 0.6 is 0 Å². The molecular formula is C16H26N2O3. The largest absolute Gasteiger partial charge is 0.481 e. The predicted molar refractivity (Wildman–Crippen MR) is 82.8 cm³/mol. The van der Waals surface area contributed by atoms with Gasteiger partial charge in [0.15, 0.2) is 0 Å². The molecule has 0 saturated heterocycles. The van der Waals surface area contributed by atoms with Gasteiger partial charge in [-0.3, -0.25) is 9.36 Å². The molecule has 5 heteroatoms. The lowest BCUT2D eigenvalue weighted by Gasteiger charge is -2.27. The molecule has 1 heterocycles. The summed E-state index contributed by atoms with van der Waals surface area (Å²) in [5.41, 5.74) is 1.91. The van der Waals surface area contributed by atoms with Crippen molar-refractivity contribution in [3.05, 3.63) is 27.4 Å². The first-order chi connectivity index (χ1) is 9.87. The monoisotopic (exact) mass is 294 g/mol. The number of rotatable bonds is 7. The standard InChI is InChI=1S/C16H26N2O3/c1-6-12-11(9-15(19)20)14(8-3)18(16(21)17-12)13(7-2)10(4)5/h10,13H,6-9H2,1-5H3,(H,19,20). The first-order valence-corrected chi connectivity index (χ1v) is 7.72. The lowest BCUT2D eigenvalue weighted by Crippen LogP contribution is -2.35. The molecule has 0 spiro atoms. The highest BCUT2D eigenvalue weighted by Crippen LogP contribution is 2.24. The van der Waals surface area contributed by atoms with Crippen LogP contribution in [0.25, 0.3) is 0 Å². The van der Waals surface area contributed by atoms with Gasteiger partial charge < -0.3 is 5.11 Å². The topological polar surface area (TPSA) is 72.2 Å². The van der Waals surface area contributed by atoms with E-state index in [4.69, 9.17) is 5.11 Å². The predicted octanol–water partition coefficient (Wildman–Crippen LogP) is 2.60. The summed E-state index contributed by atoms with van der Waals surface area (Å²) in [5.74, 6) is -0.589. The molecule has 118 valence electrons. The van der Waals surface area contributed by atoms with Gasteiger partial charge in [0.25, 0.3) is 0 Å². The Bertz CT molecular complexity index is 561. The number of carboxylic acid groups (broad SMARTS) is 1. The Kier molecular flexibility index (Phi) is 6.12. The second-order valence-electron chi connectivity index (χ2n) is 5.63. The second kappa shape index (κ2) is 7.38. The SMILES string of the molecule is CCc1nc(=O)n(C(CC)C(C)C)c(CC)c1CC(=O)O. The molecule has 1 atom stereocenters. The van der Waals surface area contributed by atoms with Gasteiger partial charge in [-0.2, -0.15) is 4.98 Å². The Morgan fingerprint density at radius 2 is 1.86 bits per heavy atom. The summed E-state index contributed by atoms with van der Waals surface area (Å²) >= 11 is 0. The van der Waals surface area contributed by atoms with Crippen molar-refractivity contribution in [2.45, 2.75) is 66.3 Å². The molecule has 0 aliphatic rings. The third-order valence-corrected chi connectivity index (χ3v) is 3.94. The summed E-state index contributed by atoms with van der Waals surface area (Å²) in [6.45, 7) is 10.1. The van der Waals surface area contributed by atoms with Crippen LogP contribution in [-0.2, 0) is 24.1 Å². The Morgan fingerprint density at radius 1 is 1.24 bits per heavy atom. The molecule has 1 aromatic heterocycles. The first kappa shape index (κ1) is 17.4. The van der Waals surface area contributed by atoms with Crippen LogP contribution in [0.1, 0.15) is 64.0 Å². The highest BCUT2D eigenvalue weighted by Gasteiger charge is 2.23. The fourth-order valence-corrected chi connectivity index (χ4v) is 2.99. The molecule has 0 aliphatic heterocycles. The molecule has 0 fully saturated rings. The van der Waals surface area contributed by atoms with E-state index < -0.39 is 5.97 Å². The summed E-state index contributed by atoms with van der Waals surface area (Å²) in [6, 6.07) is 0.0541. The number of hydrogen-bond donors (Lipinski definition) is 1. The smallest absolute Gasteiger partial charge is 0.348 e. The molecule has 1 rings (SSSR count). The minimum Gasteiger partial charge on any atom is -0.481 e. The van der Waals surface area contributed by atoms with Crippen molar-refractivity contribution in [1.82, 2.24) is 9.55 Å². The highest BCUT2D eigenvalue weighted by atomic mass is 16.4. The summed E-state index contributed by atoms with van der Waals surface area (Å²) in [4.78, 5) is 27.7. The van der Waals surface area contributed by atoms with E-state index in [1.807, 2.05) is 20.8 Å². The average Bonchev–Trinajstić information content (AvgIpc) is 2.41. The number of aromatic nitrogens is 2. The molecule has 0 aromatic carbocycles. The first-order valence-electron chi connectivity index (χ1n) is 7.72. The summed E-state index contributed by atoms with van der Waals surface area (Å²) in [6.07, 6.45) is 1.96. The molecule has 0 bridgehead atoms. The van der Waals surface area contributed by atoms with Crippen molar-refractivity contribution < 1.29 is 9.90 Å². The third kappa shape index (κ3) is 3.71. The van der Waals surface area contributed by atoms with E-state index in [1.165, 1.54) is 0 Å². The van der Waals surface area contributed by atoms with E-state index in [0.717, 1.165) is 12.1 Å². The van der Waals surface area contributed by atoms with Gasteiger partial charge in [-0.1, -0.05) is 34.6 Å². The van der Waals surface area contributed by atoms with Crippen molar-refractivity contribution >= 4 is 5.97 Å². The van der Waals surface area contributed by atoms with E-state index in [2.05, 4.69) is 18.8 Å². The van der Waals surface area contributed by atoms with Crippen molar-refractivity contribution in [3.8, 4) is 0 Å². The van der Waals surface area contributed by atoms with E-state index in [-0.39, 0.29) is 18.2 Å². The van der Waals surface area contributed by atoms with Crippen LogP contribution in [-0.4, -0.2) is 20.6 Å². The lowest BCUT2D eigenvalue weighted by molar-refractivity contribution is -0.136. The lowest BCUT2D eigenvalue weighted by atomic mass is 9.98. The van der Waals surface area contributed by atoms with Crippen LogP contribution in [0.15, 0.2) is 4.79 Å². The molecule has 0 radical (unpaired) electrons. The van der Waals surface area contributed by atoms with Gasteiger partial charge >= 0.3 is 11.7 Å². The maximum atomic E-state index is 12.4. The van der Waals surface area contributed by atoms with Crippen LogP contribution in [0.4, 0.5) is 0 Å². The highest BCUT2D eigenvalue weighted by molar-refractivity contribution is 5.71. The van der Waals surface area contributed by atoms with Crippen molar-refractivity contribution in [2.24, 2.45) is 5.92 Å². The van der Waals surface area contributed by atoms with Crippen LogP contribution in [0.2, 0.25) is 0 Å². The second-order valence-corrected chi connectivity index (χ2v) is 5.63. The molecule has 1 unspecified atom stereocenters. The number of hydrogen-bond acceptors (Lipinski definition) is 3. The molecule has 21 heavy (non-hydrogen) atoms. The number of nitrogens with zero attached hydrogens (tertiary/aromatic N) is 2. The molecule has 0 aliphatic carbocycles. The van der Waals surface area contributed by atoms with Gasteiger partial charge in [0, 0.05) is 17.3 Å². The molecule has 0 amide bonds. The van der Waals surface area contributed by atoms with E-state index in [0.29, 0.717) is 30.0 Å². The number of aliphatic carboxylic acids is 1. The summed E-state index contributed by atoms with van der Waals surface area (Å²) < 4.78 is 1.72. The van der Waals surface area contributed by atoms with Crippen LogP contribution < -0.4 is 5.69 Å². The Labute approximate surface area is 126 Å². The van der Waals surface area contributed by atoms with Gasteiger partial charge in [-0.25, -0.2) is 4.79 Å². The normalized spacial score (nSPS) is 12.7. The average molecular weight is 294 g/mol. The maximum absolute atomic E-state index is 12.4. The Balaban J connectivity index is 3.64. The molecule has 1 aromatic rings. The van der Waals surface area contributed by atoms with Gasteiger partial charge in [0.05, 0.1) is 12.1 Å². The Morgan fingerprint density at radius 3 is 2.24 bits per heavy atom. The number of carboxylic acids is 1. The van der Waals surface area contributed by atoms with Crippen molar-refractivity contribution in [1.29, 1.82) is 0 Å². The summed E-state index contributed by atoms with van der Waals surface area (Å²) in [5, 5.41) is 9.16. The van der Waals surface area contributed by atoms with Crippen molar-refractivity contribution in [3.63, 3.8) is 0 Å². The van der Waals surface area contributed by atoms with E-state index >= 15 is 0 Å². The van der Waals surface area contributed by atoms with Crippen molar-refractivity contribution in [2.75, 3.05) is 0 Å². The molecule has 0 saturated carbocycles. The zero-order valence-corrected chi connectivity index (χ0v) is 13.6. The van der Waals surface area contributed by atoms with Crippen LogP contribution in [0.3, 0.4) is 0 Å². The fourth-order valence-electron chi connectivity index (χ4n) is 2.99. The van der Waals surface area contributed by atoms with Crippen LogP contribution in [0, 0.1) is 5.92 Å². The van der Waals surface area contributed by atoms with E-state index in [9.17, 15) is 9.59 Å². The van der Waals surface area contributed by atoms with E-state index in [1.54, 1.807) is 4.57 Å². The quantitative estimate of drug-likeness (QED) is 0.839. The minimum absolute atomic E-state index is 0.0541. The third-order valence-electron chi connectivity index (χ3n) is 3.94. The van der Waals surface area contributed by atoms with Gasteiger partial charge in [0.2, 0.25) is 0 Å². The van der Waals surface area contributed by atoms with Gasteiger partial charge in [-0.15, -0.1) is 0 Å². The summed E-state index contributed by atoms with van der Waals surface area (Å²) in [7, 11) is 0. The number of carbonyl (C=O) groups is 1. The Hall–Kier alpha value is -1.65. The molecule has 5 nitrogen and oxygen atoms in total. The zero-order chi connectivity index (χ0) is 16.2. The van der Waals surface area contributed by atoms with Gasteiger partial charge in [0.1, 0.15) is 0 Å². The minimum atomic E-state index is -0.885. The molecular weight excluding hydrogens is 268 g/mol. The zero-order valence-electron chi connectivity index (χ0n) is 13.6. The molecule has 1 N–H and O–H groups in total. The van der Waals surface area contributed by atoms with Crippen LogP contribution in [0.5, 0.6) is 0 Å². The van der Waals surface area contributed by atoms with Gasteiger partial charge in [-0.05, 0) is 25.2 Å². The fraction of sp³-hybridized carbons (Fsp3) is 0.688. The maximum Gasteiger partial charge on any atom is 0.348 e. The number of aryl methyl sites for hydroxylation is 1.